The van der Waals surface area contributed by atoms with Gasteiger partial charge in [-0.25, -0.2) is 8.42 Å². The van der Waals surface area contributed by atoms with Gasteiger partial charge >= 0.3 is 0 Å². The first-order chi connectivity index (χ1) is 19.9. The molecule has 3 aromatic carbocycles. The number of rotatable bonds is 11. The van der Waals surface area contributed by atoms with Crippen molar-refractivity contribution in [2.75, 3.05) is 23.4 Å². The highest BCUT2D eigenvalue weighted by Crippen LogP contribution is 2.36. The van der Waals surface area contributed by atoms with Crippen molar-refractivity contribution in [3.63, 3.8) is 0 Å². The minimum atomic E-state index is -3.90. The highest BCUT2D eigenvalue weighted by Gasteiger charge is 2.35. The van der Waals surface area contributed by atoms with Crippen LogP contribution in [0, 0.1) is 0 Å². The molecule has 2 amide bonds. The van der Waals surface area contributed by atoms with Crippen LogP contribution in [0.4, 0.5) is 5.69 Å². The van der Waals surface area contributed by atoms with Crippen molar-refractivity contribution in [3.05, 3.63) is 88.9 Å². The Morgan fingerprint density at radius 3 is 2.31 bits per heavy atom. The van der Waals surface area contributed by atoms with Gasteiger partial charge in [0.15, 0.2) is 11.5 Å². The van der Waals surface area contributed by atoms with E-state index in [9.17, 15) is 18.0 Å². The summed E-state index contributed by atoms with van der Waals surface area (Å²) >= 11 is 6.26. The first-order valence-electron chi connectivity index (χ1n) is 13.7. The molecule has 0 radical (unpaired) electrons. The molecule has 0 aliphatic carbocycles. The van der Waals surface area contributed by atoms with Crippen molar-refractivity contribution in [2.24, 2.45) is 0 Å². The molecular weight excluding hydrogens is 578 g/mol. The number of fused-ring (bicyclic) bond motifs is 1. The predicted molar refractivity (Wildman–Crippen MR) is 163 cm³/mol. The Balaban J connectivity index is 1.76. The quantitative estimate of drug-likeness (QED) is 0.334. The first kappa shape index (κ1) is 31.2. The van der Waals surface area contributed by atoms with Gasteiger partial charge in [0.05, 0.1) is 11.4 Å². The molecule has 1 atom stereocenters. The molecule has 0 aromatic heterocycles. The van der Waals surface area contributed by atoms with Crippen LogP contribution >= 0.6 is 11.6 Å². The highest BCUT2D eigenvalue weighted by atomic mass is 35.5. The molecule has 0 saturated carbocycles. The zero-order valence-electron chi connectivity index (χ0n) is 24.2. The number of halogens is 1. The summed E-state index contributed by atoms with van der Waals surface area (Å²) < 4.78 is 38.5. The molecule has 42 heavy (non-hydrogen) atoms. The van der Waals surface area contributed by atoms with Crippen LogP contribution in [0.1, 0.15) is 38.8 Å². The van der Waals surface area contributed by atoms with E-state index >= 15 is 0 Å². The lowest BCUT2D eigenvalue weighted by Gasteiger charge is -2.35. The molecule has 1 unspecified atom stereocenters. The average molecular weight is 614 g/mol. The topological polar surface area (TPSA) is 105 Å². The monoisotopic (exact) mass is 613 g/mol. The van der Waals surface area contributed by atoms with Crippen LogP contribution in [-0.2, 0) is 32.6 Å². The summed E-state index contributed by atoms with van der Waals surface area (Å²) in [6, 6.07) is 20.2. The van der Waals surface area contributed by atoms with Gasteiger partial charge in [-0.15, -0.1) is 0 Å². The first-order valence-corrected chi connectivity index (χ1v) is 15.6. The Labute approximate surface area is 252 Å². The molecule has 224 valence electrons. The van der Waals surface area contributed by atoms with Gasteiger partial charge in [0.25, 0.3) is 0 Å². The molecule has 4 rings (SSSR count). The Morgan fingerprint density at radius 2 is 1.64 bits per heavy atom. The molecule has 0 saturated heterocycles. The number of carbonyl (C=O) groups excluding carboxylic acids is 2. The number of hydrogen-bond acceptors (Lipinski definition) is 6. The van der Waals surface area contributed by atoms with Crippen molar-refractivity contribution >= 4 is 39.1 Å². The van der Waals surface area contributed by atoms with E-state index < -0.39 is 34.1 Å². The Morgan fingerprint density at radius 1 is 0.952 bits per heavy atom. The Hall–Kier alpha value is -3.76. The molecule has 3 aromatic rings. The lowest BCUT2D eigenvalue weighted by atomic mass is 10.0. The fourth-order valence-corrected chi connectivity index (χ4v) is 5.87. The molecule has 0 spiro atoms. The predicted octanol–water partition coefficient (Wildman–Crippen LogP) is 4.78. The summed E-state index contributed by atoms with van der Waals surface area (Å²) in [4.78, 5) is 29.5. The summed E-state index contributed by atoms with van der Waals surface area (Å²) in [5.41, 5.74) is 1.24. The second kappa shape index (κ2) is 13.0. The van der Waals surface area contributed by atoms with Gasteiger partial charge in [-0.05, 0) is 63.1 Å². The van der Waals surface area contributed by atoms with Crippen molar-refractivity contribution in [1.29, 1.82) is 0 Å². The summed E-state index contributed by atoms with van der Waals surface area (Å²) in [7, 11) is -3.90. The number of nitrogens with one attached hydrogen (secondary N) is 1. The standard InChI is InChI=1S/C31H36ClN3O6S/c1-5-42(38,39)35(25-14-15-27-28(18-25)41-21-40-27)20-29(36)34(19-23-12-9-13-24(32)16-23)26(30(37)33-31(2,3)4)17-22-10-7-6-8-11-22/h6-16,18,26H,5,17,19-21H2,1-4H3,(H,33,37). The minimum absolute atomic E-state index is 0.0235. The van der Waals surface area contributed by atoms with E-state index in [-0.39, 0.29) is 37.1 Å². The number of sulfonamides is 1. The van der Waals surface area contributed by atoms with Crippen LogP contribution in [0.15, 0.2) is 72.8 Å². The number of nitrogens with zero attached hydrogens (tertiary/aromatic N) is 2. The maximum absolute atomic E-state index is 14.3. The van der Waals surface area contributed by atoms with Crippen LogP contribution in [-0.4, -0.2) is 55.8 Å². The normalized spacial score (nSPS) is 13.4. The van der Waals surface area contributed by atoms with Gasteiger partial charge < -0.3 is 19.7 Å². The Bertz CT molecular complexity index is 1530. The van der Waals surface area contributed by atoms with Gasteiger partial charge in [0.2, 0.25) is 28.6 Å². The zero-order valence-corrected chi connectivity index (χ0v) is 25.7. The molecule has 0 fully saturated rings. The lowest BCUT2D eigenvalue weighted by molar-refractivity contribution is -0.140. The van der Waals surface area contributed by atoms with Crippen LogP contribution in [0.2, 0.25) is 5.02 Å². The maximum atomic E-state index is 14.3. The van der Waals surface area contributed by atoms with Crippen molar-refractivity contribution in [1.82, 2.24) is 10.2 Å². The maximum Gasteiger partial charge on any atom is 0.244 e. The summed E-state index contributed by atoms with van der Waals surface area (Å²) in [6.45, 7) is 6.64. The van der Waals surface area contributed by atoms with Gasteiger partial charge in [-0.1, -0.05) is 54.1 Å². The smallest absolute Gasteiger partial charge is 0.244 e. The number of carbonyl (C=O) groups is 2. The largest absolute Gasteiger partial charge is 0.454 e. The molecule has 11 heteroatoms. The SMILES string of the molecule is CCS(=O)(=O)N(CC(=O)N(Cc1cccc(Cl)c1)C(Cc1ccccc1)C(=O)NC(C)(C)C)c1ccc2c(c1)OCO2. The molecule has 1 aliphatic rings. The minimum Gasteiger partial charge on any atom is -0.454 e. The second-order valence-electron chi connectivity index (χ2n) is 11.0. The van der Waals surface area contributed by atoms with Crippen LogP contribution < -0.4 is 19.1 Å². The number of ether oxygens (including phenoxy) is 2. The van der Waals surface area contributed by atoms with Crippen LogP contribution in [0.3, 0.4) is 0 Å². The molecule has 0 bridgehead atoms. The third-order valence-corrected chi connectivity index (χ3v) is 8.61. The van der Waals surface area contributed by atoms with E-state index in [4.69, 9.17) is 21.1 Å². The average Bonchev–Trinajstić information content (AvgIpc) is 3.41. The summed E-state index contributed by atoms with van der Waals surface area (Å²) in [6.07, 6.45) is 0.222. The second-order valence-corrected chi connectivity index (χ2v) is 13.7. The third kappa shape index (κ3) is 7.95. The third-order valence-electron chi connectivity index (χ3n) is 6.63. The van der Waals surface area contributed by atoms with Crippen molar-refractivity contribution in [3.8, 4) is 11.5 Å². The van der Waals surface area contributed by atoms with Crippen LogP contribution in [0.25, 0.3) is 0 Å². The van der Waals surface area contributed by atoms with E-state index in [2.05, 4.69) is 5.32 Å². The van der Waals surface area contributed by atoms with E-state index in [1.807, 2.05) is 57.2 Å². The van der Waals surface area contributed by atoms with Crippen LogP contribution in [0.5, 0.6) is 11.5 Å². The number of benzene rings is 3. The zero-order chi connectivity index (χ0) is 30.5. The van der Waals surface area contributed by atoms with Crippen molar-refractivity contribution < 1.29 is 27.5 Å². The molecule has 1 heterocycles. The number of hydrogen-bond donors (Lipinski definition) is 1. The van der Waals surface area contributed by atoms with E-state index in [1.54, 1.807) is 30.3 Å². The highest BCUT2D eigenvalue weighted by molar-refractivity contribution is 7.92. The molecule has 9 nitrogen and oxygen atoms in total. The van der Waals surface area contributed by atoms with Gasteiger partial charge in [-0.2, -0.15) is 0 Å². The number of amides is 2. The van der Waals surface area contributed by atoms with Gasteiger partial charge in [0.1, 0.15) is 12.6 Å². The fraction of sp³-hybridized carbons (Fsp3) is 0.355. The van der Waals surface area contributed by atoms with Gasteiger partial charge in [0, 0.05) is 29.6 Å². The van der Waals surface area contributed by atoms with E-state index in [0.717, 1.165) is 9.87 Å². The molecule has 1 N–H and O–H groups in total. The van der Waals surface area contributed by atoms with E-state index in [1.165, 1.54) is 17.9 Å². The Kier molecular flexibility index (Phi) is 9.68. The molecular formula is C31H36ClN3O6S. The fourth-order valence-electron chi connectivity index (χ4n) is 4.60. The molecule has 1 aliphatic heterocycles. The summed E-state index contributed by atoms with van der Waals surface area (Å²) in [5, 5.41) is 3.49. The van der Waals surface area contributed by atoms with E-state index in [0.29, 0.717) is 22.1 Å². The van der Waals surface area contributed by atoms with Crippen molar-refractivity contribution in [2.45, 2.75) is 52.2 Å². The number of anilines is 1. The lowest BCUT2D eigenvalue weighted by Crippen LogP contribution is -2.56. The van der Waals surface area contributed by atoms with Gasteiger partial charge in [-0.3, -0.25) is 13.9 Å². The summed E-state index contributed by atoms with van der Waals surface area (Å²) in [5.74, 6) is -0.257.